The fourth-order valence-corrected chi connectivity index (χ4v) is 4.28. The second-order valence-corrected chi connectivity index (χ2v) is 7.54. The van der Waals surface area contributed by atoms with Crippen molar-refractivity contribution in [3.05, 3.63) is 81.7 Å². The number of hydrogen-bond donors (Lipinski definition) is 1. The highest BCUT2D eigenvalue weighted by atomic mass is 16.3. The molecule has 3 aromatic rings. The van der Waals surface area contributed by atoms with E-state index in [4.69, 9.17) is 4.42 Å². The largest absolute Gasteiger partial charge is 0.450 e. The zero-order chi connectivity index (χ0) is 20.4. The van der Waals surface area contributed by atoms with Crippen LogP contribution in [0.3, 0.4) is 0 Å². The molecule has 29 heavy (non-hydrogen) atoms. The number of carbonyl (C=O) groups excluding carboxylic acids is 1. The van der Waals surface area contributed by atoms with Crippen LogP contribution in [0.1, 0.15) is 48.0 Å². The maximum absolute atomic E-state index is 13.3. The predicted molar refractivity (Wildman–Crippen MR) is 113 cm³/mol. The molecule has 4 rings (SSSR count). The van der Waals surface area contributed by atoms with Crippen molar-refractivity contribution in [2.24, 2.45) is 0 Å². The summed E-state index contributed by atoms with van der Waals surface area (Å²) in [7, 11) is 0. The van der Waals surface area contributed by atoms with Gasteiger partial charge in [-0.1, -0.05) is 42.5 Å². The molecule has 1 atom stereocenters. The molecule has 1 N–H and O–H groups in total. The van der Waals surface area contributed by atoms with Crippen molar-refractivity contribution in [2.45, 2.75) is 26.3 Å². The Morgan fingerprint density at radius 2 is 1.66 bits per heavy atom. The molecule has 1 aliphatic rings. The molecule has 0 saturated heterocycles. The molecule has 2 heterocycles. The molecule has 5 heteroatoms. The summed E-state index contributed by atoms with van der Waals surface area (Å²) in [5.74, 6) is 0.00370. The zero-order valence-electron chi connectivity index (χ0n) is 17.0. The van der Waals surface area contributed by atoms with Crippen LogP contribution >= 0.6 is 0 Å². The molecule has 0 spiro atoms. The van der Waals surface area contributed by atoms with Crippen LogP contribution in [-0.4, -0.2) is 37.0 Å². The van der Waals surface area contributed by atoms with Gasteiger partial charge in [0.2, 0.25) is 5.76 Å². The van der Waals surface area contributed by atoms with Crippen molar-refractivity contribution >= 4 is 16.9 Å². The van der Waals surface area contributed by atoms with Gasteiger partial charge in [-0.3, -0.25) is 9.59 Å². The molecule has 1 aliphatic heterocycles. The molecule has 0 saturated carbocycles. The molecule has 2 aromatic carbocycles. The number of quaternary nitrogens is 1. The van der Waals surface area contributed by atoms with E-state index in [0.717, 1.165) is 31.6 Å². The van der Waals surface area contributed by atoms with E-state index < -0.39 is 6.04 Å². The van der Waals surface area contributed by atoms with Gasteiger partial charge in [-0.15, -0.1) is 0 Å². The van der Waals surface area contributed by atoms with Crippen molar-refractivity contribution in [3.8, 4) is 0 Å². The lowest BCUT2D eigenvalue weighted by Crippen LogP contribution is -3.11. The number of benzene rings is 2. The highest BCUT2D eigenvalue weighted by Crippen LogP contribution is 2.37. The Kier molecular flexibility index (Phi) is 5.49. The van der Waals surface area contributed by atoms with Crippen molar-refractivity contribution in [2.75, 3.05) is 26.2 Å². The number of rotatable bonds is 7. The average molecular weight is 391 g/mol. The Labute approximate surface area is 170 Å². The fraction of sp³-hybridized carbons (Fsp3) is 0.333. The molecule has 0 radical (unpaired) electrons. The Balaban J connectivity index is 1.77. The van der Waals surface area contributed by atoms with Crippen LogP contribution in [0.4, 0.5) is 0 Å². The van der Waals surface area contributed by atoms with E-state index in [-0.39, 0.29) is 17.1 Å². The number of hydrogen-bond acceptors (Lipinski definition) is 3. The lowest BCUT2D eigenvalue weighted by atomic mass is 9.98. The molecular weight excluding hydrogens is 364 g/mol. The van der Waals surface area contributed by atoms with E-state index in [0.29, 0.717) is 23.1 Å². The van der Waals surface area contributed by atoms with Crippen LogP contribution < -0.4 is 10.3 Å². The normalized spacial score (nSPS) is 16.0. The summed E-state index contributed by atoms with van der Waals surface area (Å²) >= 11 is 0. The Morgan fingerprint density at radius 3 is 2.38 bits per heavy atom. The maximum atomic E-state index is 13.3. The van der Waals surface area contributed by atoms with Gasteiger partial charge in [0.25, 0.3) is 5.91 Å². The fourth-order valence-electron chi connectivity index (χ4n) is 4.28. The van der Waals surface area contributed by atoms with Gasteiger partial charge in [0.05, 0.1) is 36.6 Å². The summed E-state index contributed by atoms with van der Waals surface area (Å²) < 4.78 is 5.95. The molecular formula is C24H27N2O3+. The lowest BCUT2D eigenvalue weighted by molar-refractivity contribution is -0.896. The van der Waals surface area contributed by atoms with Gasteiger partial charge in [-0.2, -0.15) is 0 Å². The number of fused-ring (bicyclic) bond motifs is 2. The lowest BCUT2D eigenvalue weighted by Gasteiger charge is -2.26. The summed E-state index contributed by atoms with van der Waals surface area (Å²) in [6.07, 6.45) is 0.883. The van der Waals surface area contributed by atoms with E-state index in [1.807, 2.05) is 47.4 Å². The van der Waals surface area contributed by atoms with Crippen LogP contribution in [0.15, 0.2) is 63.8 Å². The third kappa shape index (κ3) is 3.47. The summed E-state index contributed by atoms with van der Waals surface area (Å²) in [4.78, 5) is 29.9. The molecule has 5 nitrogen and oxygen atoms in total. The van der Waals surface area contributed by atoms with E-state index in [1.54, 1.807) is 12.1 Å². The second kappa shape index (κ2) is 8.21. The van der Waals surface area contributed by atoms with Gasteiger partial charge in [0.15, 0.2) is 5.43 Å². The Morgan fingerprint density at radius 1 is 0.966 bits per heavy atom. The van der Waals surface area contributed by atoms with Crippen LogP contribution in [0.2, 0.25) is 0 Å². The molecule has 0 fully saturated rings. The van der Waals surface area contributed by atoms with E-state index in [2.05, 4.69) is 13.8 Å². The smallest absolute Gasteiger partial charge is 0.290 e. The zero-order valence-corrected chi connectivity index (χ0v) is 17.0. The molecule has 1 amide bonds. The number of nitrogens with one attached hydrogen (secondary N) is 1. The number of carbonyl (C=O) groups is 1. The molecule has 0 bridgehead atoms. The Bertz CT molecular complexity index is 1070. The first-order valence-electron chi connectivity index (χ1n) is 10.4. The molecule has 0 unspecified atom stereocenters. The van der Waals surface area contributed by atoms with Crippen molar-refractivity contribution in [1.29, 1.82) is 0 Å². The van der Waals surface area contributed by atoms with Crippen LogP contribution in [0.25, 0.3) is 11.0 Å². The highest BCUT2D eigenvalue weighted by Gasteiger charge is 2.42. The maximum Gasteiger partial charge on any atom is 0.290 e. The standard InChI is InChI=1S/C24H26N2O3/c1-3-25(4-2)15-10-16-26-21(17-11-6-5-7-12-17)20-22(27)18-13-8-9-14-19(18)29-23(20)24(26)28/h5-9,11-14,21H,3-4,10,15-16H2,1-2H3/p+1/t21-/m1/s1. The third-order valence-corrected chi connectivity index (χ3v) is 5.92. The molecule has 1 aromatic heterocycles. The van der Waals surface area contributed by atoms with Crippen molar-refractivity contribution in [1.82, 2.24) is 4.90 Å². The summed E-state index contributed by atoms with van der Waals surface area (Å²) in [6, 6.07) is 16.5. The number of amides is 1. The van der Waals surface area contributed by atoms with Gasteiger partial charge in [-0.25, -0.2) is 0 Å². The molecule has 150 valence electrons. The topological polar surface area (TPSA) is 55.0 Å². The van der Waals surface area contributed by atoms with Gasteiger partial charge in [0, 0.05) is 13.0 Å². The number of nitrogens with zero attached hydrogens (tertiary/aromatic N) is 1. The van der Waals surface area contributed by atoms with Gasteiger partial charge in [-0.05, 0) is 31.5 Å². The monoisotopic (exact) mass is 391 g/mol. The van der Waals surface area contributed by atoms with Crippen LogP contribution in [-0.2, 0) is 0 Å². The van der Waals surface area contributed by atoms with Gasteiger partial charge < -0.3 is 14.2 Å². The van der Waals surface area contributed by atoms with Crippen LogP contribution in [0.5, 0.6) is 0 Å². The van der Waals surface area contributed by atoms with Gasteiger partial charge >= 0.3 is 0 Å². The summed E-state index contributed by atoms with van der Waals surface area (Å²) in [5, 5.41) is 0.523. The van der Waals surface area contributed by atoms with Crippen molar-refractivity contribution < 1.29 is 14.1 Å². The molecule has 0 aliphatic carbocycles. The third-order valence-electron chi connectivity index (χ3n) is 5.92. The first-order chi connectivity index (χ1) is 14.2. The van der Waals surface area contributed by atoms with E-state index in [1.165, 1.54) is 4.90 Å². The quantitative estimate of drug-likeness (QED) is 0.674. The Hall–Kier alpha value is -2.92. The highest BCUT2D eigenvalue weighted by molar-refractivity contribution is 5.99. The first kappa shape index (κ1) is 19.4. The first-order valence-corrected chi connectivity index (χ1v) is 10.4. The average Bonchev–Trinajstić information content (AvgIpc) is 3.04. The summed E-state index contributed by atoms with van der Waals surface area (Å²) in [6.45, 7) is 8.09. The SMILES string of the molecule is CC[NH+](CC)CCCN1C(=O)c2oc3ccccc3c(=O)c2[C@H]1c1ccccc1. The minimum atomic E-state index is -0.397. The minimum Gasteiger partial charge on any atom is -0.450 e. The summed E-state index contributed by atoms with van der Waals surface area (Å²) in [5.41, 5.74) is 1.76. The van der Waals surface area contributed by atoms with Crippen LogP contribution in [0, 0.1) is 0 Å². The predicted octanol–water partition coefficient (Wildman–Crippen LogP) is 2.65. The van der Waals surface area contributed by atoms with E-state index >= 15 is 0 Å². The second-order valence-electron chi connectivity index (χ2n) is 7.54. The van der Waals surface area contributed by atoms with Crippen molar-refractivity contribution in [3.63, 3.8) is 0 Å². The van der Waals surface area contributed by atoms with Gasteiger partial charge in [0.1, 0.15) is 5.58 Å². The van der Waals surface area contributed by atoms with E-state index in [9.17, 15) is 9.59 Å². The minimum absolute atomic E-state index is 0.110. The number of para-hydroxylation sites is 1.